The molecule has 9 heteroatoms. The fourth-order valence-electron chi connectivity index (χ4n) is 5.08. The predicted octanol–water partition coefficient (Wildman–Crippen LogP) is 0.433. The monoisotopic (exact) mass is 379 g/mol. The Balaban J connectivity index is 1.35. The number of aromatic nitrogens is 2. The van der Waals surface area contributed by atoms with E-state index < -0.39 is 10.0 Å². The summed E-state index contributed by atoms with van der Waals surface area (Å²) < 4.78 is 33.7. The van der Waals surface area contributed by atoms with Crippen LogP contribution in [0.25, 0.3) is 0 Å². The number of nitrogen functional groups attached to an aromatic ring is 1. The number of aryl methyl sites for hydroxylation is 1. The summed E-state index contributed by atoms with van der Waals surface area (Å²) in [5, 5.41) is -0.178. The van der Waals surface area contributed by atoms with Crippen LogP contribution in [0.4, 0.5) is 11.8 Å². The van der Waals surface area contributed by atoms with Crippen molar-refractivity contribution in [1.82, 2.24) is 14.7 Å². The standard InChI is InChI=1S/C17H25N5O3S/c1-10-6-15(21-16(18)20-10)22-8-13-12(7-19-26(23,24)11-2-3-11)14-4-5-17(13,9-22)25-14/h6,11-14,19H,2-5,7-9H2,1H3,(H2,18,20,21)/t12-,13+,14+,17+/m0/s1. The second-order valence-electron chi connectivity index (χ2n) is 8.23. The number of hydrogen-bond acceptors (Lipinski definition) is 7. The van der Waals surface area contributed by atoms with Gasteiger partial charge in [-0.1, -0.05) is 0 Å². The lowest BCUT2D eigenvalue weighted by Crippen LogP contribution is -2.42. The zero-order valence-corrected chi connectivity index (χ0v) is 15.7. The van der Waals surface area contributed by atoms with E-state index in [1.807, 2.05) is 13.0 Å². The highest BCUT2D eigenvalue weighted by molar-refractivity contribution is 7.90. The van der Waals surface area contributed by atoms with E-state index in [2.05, 4.69) is 19.6 Å². The fourth-order valence-corrected chi connectivity index (χ4v) is 6.50. The summed E-state index contributed by atoms with van der Waals surface area (Å²) in [6.07, 6.45) is 3.78. The summed E-state index contributed by atoms with van der Waals surface area (Å²) in [6.45, 7) is 4.00. The number of anilines is 2. The van der Waals surface area contributed by atoms with Crippen molar-refractivity contribution in [3.05, 3.63) is 11.8 Å². The van der Waals surface area contributed by atoms with E-state index in [1.165, 1.54) is 0 Å². The maximum atomic E-state index is 12.2. The molecule has 3 aliphatic heterocycles. The molecule has 4 heterocycles. The van der Waals surface area contributed by atoms with Crippen LogP contribution < -0.4 is 15.4 Å². The van der Waals surface area contributed by atoms with E-state index in [0.29, 0.717) is 12.5 Å². The van der Waals surface area contributed by atoms with Crippen molar-refractivity contribution in [2.24, 2.45) is 11.8 Å². The molecule has 1 aromatic rings. The number of nitrogens with zero attached hydrogens (tertiary/aromatic N) is 3. The molecule has 4 fully saturated rings. The second-order valence-corrected chi connectivity index (χ2v) is 10.3. The Hall–Kier alpha value is -1.45. The molecule has 0 unspecified atom stereocenters. The quantitative estimate of drug-likeness (QED) is 0.763. The molecule has 0 amide bonds. The molecule has 4 aliphatic rings. The Morgan fingerprint density at radius 2 is 2.19 bits per heavy atom. The van der Waals surface area contributed by atoms with Gasteiger partial charge in [-0.25, -0.2) is 18.1 Å². The first-order valence-corrected chi connectivity index (χ1v) is 10.9. The molecule has 2 bridgehead atoms. The largest absolute Gasteiger partial charge is 0.369 e. The van der Waals surface area contributed by atoms with Gasteiger partial charge in [0.1, 0.15) is 5.82 Å². The molecule has 1 aliphatic carbocycles. The van der Waals surface area contributed by atoms with Gasteiger partial charge in [0, 0.05) is 43.2 Å². The van der Waals surface area contributed by atoms with Crippen molar-refractivity contribution in [3.63, 3.8) is 0 Å². The highest BCUT2D eigenvalue weighted by Gasteiger charge is 2.63. The Bertz CT molecular complexity index is 823. The number of sulfonamides is 1. The molecular formula is C17H25N5O3S. The minimum Gasteiger partial charge on any atom is -0.369 e. The Kier molecular flexibility index (Phi) is 3.55. The third kappa shape index (κ3) is 2.59. The number of nitrogens with one attached hydrogen (secondary N) is 1. The van der Waals surface area contributed by atoms with Gasteiger partial charge >= 0.3 is 0 Å². The van der Waals surface area contributed by atoms with Crippen LogP contribution >= 0.6 is 0 Å². The molecule has 5 rings (SSSR count). The first-order chi connectivity index (χ1) is 12.4. The Labute approximate surface area is 153 Å². The summed E-state index contributed by atoms with van der Waals surface area (Å²) in [4.78, 5) is 10.8. The van der Waals surface area contributed by atoms with Crippen LogP contribution in [-0.4, -0.2) is 55.0 Å². The maximum absolute atomic E-state index is 12.2. The minimum absolute atomic E-state index is 0.168. The lowest BCUT2D eigenvalue weighted by atomic mass is 9.74. The third-order valence-electron chi connectivity index (χ3n) is 6.45. The molecular weight excluding hydrogens is 354 g/mol. The molecule has 1 saturated carbocycles. The number of rotatable bonds is 5. The maximum Gasteiger partial charge on any atom is 0.222 e. The van der Waals surface area contributed by atoms with E-state index in [9.17, 15) is 8.42 Å². The topological polar surface area (TPSA) is 110 Å². The molecule has 1 spiro atoms. The molecule has 4 atom stereocenters. The van der Waals surface area contributed by atoms with Crippen molar-refractivity contribution >= 4 is 21.8 Å². The fraction of sp³-hybridized carbons (Fsp3) is 0.765. The number of nitrogens with two attached hydrogens (primary N) is 1. The van der Waals surface area contributed by atoms with Gasteiger partial charge in [0.25, 0.3) is 0 Å². The Morgan fingerprint density at radius 3 is 2.92 bits per heavy atom. The van der Waals surface area contributed by atoms with Gasteiger partial charge < -0.3 is 15.4 Å². The van der Waals surface area contributed by atoms with Crippen LogP contribution in [-0.2, 0) is 14.8 Å². The van der Waals surface area contributed by atoms with Crippen LogP contribution in [0, 0.1) is 18.8 Å². The van der Waals surface area contributed by atoms with Crippen LogP contribution in [0.1, 0.15) is 31.4 Å². The van der Waals surface area contributed by atoms with E-state index in [4.69, 9.17) is 10.5 Å². The summed E-state index contributed by atoms with van der Waals surface area (Å²) in [6, 6.07) is 1.95. The van der Waals surface area contributed by atoms with Gasteiger partial charge in [0.15, 0.2) is 0 Å². The second kappa shape index (κ2) is 5.53. The molecule has 0 radical (unpaired) electrons. The van der Waals surface area contributed by atoms with E-state index >= 15 is 0 Å². The summed E-state index contributed by atoms with van der Waals surface area (Å²) in [5.41, 5.74) is 6.49. The molecule has 142 valence electrons. The SMILES string of the molecule is Cc1cc(N2C[C@@H]3[C@H](CNS(=O)(=O)C4CC4)[C@H]4CC[C@]3(C2)O4)nc(N)n1. The van der Waals surface area contributed by atoms with E-state index in [1.54, 1.807) is 0 Å². The van der Waals surface area contributed by atoms with Crippen molar-refractivity contribution < 1.29 is 13.2 Å². The molecule has 3 saturated heterocycles. The summed E-state index contributed by atoms with van der Waals surface area (Å²) in [7, 11) is -3.16. The number of hydrogen-bond donors (Lipinski definition) is 2. The normalized spacial score (nSPS) is 35.9. The lowest BCUT2D eigenvalue weighted by Gasteiger charge is -2.29. The zero-order chi connectivity index (χ0) is 18.1. The highest BCUT2D eigenvalue weighted by Crippen LogP contribution is 2.55. The highest BCUT2D eigenvalue weighted by atomic mass is 32.2. The summed E-state index contributed by atoms with van der Waals surface area (Å²) >= 11 is 0. The van der Waals surface area contributed by atoms with E-state index in [0.717, 1.165) is 50.3 Å². The van der Waals surface area contributed by atoms with E-state index in [-0.39, 0.29) is 28.8 Å². The number of fused-ring (bicyclic) bond motifs is 1. The van der Waals surface area contributed by atoms with Crippen LogP contribution in [0.15, 0.2) is 6.07 Å². The van der Waals surface area contributed by atoms with Crippen molar-refractivity contribution in [1.29, 1.82) is 0 Å². The first-order valence-electron chi connectivity index (χ1n) is 9.39. The number of ether oxygens (including phenoxy) is 1. The summed E-state index contributed by atoms with van der Waals surface area (Å²) in [5.74, 6) is 1.67. The molecule has 26 heavy (non-hydrogen) atoms. The third-order valence-corrected chi connectivity index (χ3v) is 8.37. The smallest absolute Gasteiger partial charge is 0.222 e. The van der Waals surface area contributed by atoms with Gasteiger partial charge in [-0.05, 0) is 32.6 Å². The average molecular weight is 379 g/mol. The van der Waals surface area contributed by atoms with Gasteiger partial charge in [-0.2, -0.15) is 4.98 Å². The van der Waals surface area contributed by atoms with Gasteiger partial charge in [0.2, 0.25) is 16.0 Å². The molecule has 8 nitrogen and oxygen atoms in total. The van der Waals surface area contributed by atoms with Crippen molar-refractivity contribution in [2.75, 3.05) is 30.3 Å². The molecule has 0 aromatic carbocycles. The van der Waals surface area contributed by atoms with Crippen LogP contribution in [0.3, 0.4) is 0 Å². The predicted molar refractivity (Wildman–Crippen MR) is 97.2 cm³/mol. The zero-order valence-electron chi connectivity index (χ0n) is 14.9. The van der Waals surface area contributed by atoms with Gasteiger partial charge in [0.05, 0.1) is 17.0 Å². The average Bonchev–Trinajstić information content (AvgIpc) is 3.18. The first kappa shape index (κ1) is 16.7. The minimum atomic E-state index is -3.16. The Morgan fingerprint density at radius 1 is 1.38 bits per heavy atom. The lowest BCUT2D eigenvalue weighted by molar-refractivity contribution is 0.0142. The van der Waals surface area contributed by atoms with Crippen LogP contribution in [0.2, 0.25) is 0 Å². The van der Waals surface area contributed by atoms with Gasteiger partial charge in [-0.3, -0.25) is 0 Å². The van der Waals surface area contributed by atoms with Crippen molar-refractivity contribution in [3.8, 4) is 0 Å². The molecule has 1 aromatic heterocycles. The van der Waals surface area contributed by atoms with Crippen LogP contribution in [0.5, 0.6) is 0 Å². The van der Waals surface area contributed by atoms with Crippen molar-refractivity contribution in [2.45, 2.75) is 49.6 Å². The van der Waals surface area contributed by atoms with Gasteiger partial charge in [-0.15, -0.1) is 0 Å². The molecule has 3 N–H and O–H groups in total.